The maximum atomic E-state index is 4.55. The molecule has 18 heavy (non-hydrogen) atoms. The molecule has 1 saturated carbocycles. The largest absolute Gasteiger partial charge is 0.317 e. The Balaban J connectivity index is 1.89. The topological polar surface area (TPSA) is 29.9 Å². The lowest BCUT2D eigenvalue weighted by molar-refractivity contribution is 0.451. The molecule has 1 unspecified atom stereocenters. The fourth-order valence-electron chi connectivity index (χ4n) is 2.71. The summed E-state index contributed by atoms with van der Waals surface area (Å²) < 4.78 is 3.34. The van der Waals surface area contributed by atoms with Crippen LogP contribution in [0.3, 0.4) is 0 Å². The van der Waals surface area contributed by atoms with Gasteiger partial charge in [0.1, 0.15) is 0 Å². The van der Waals surface area contributed by atoms with Crippen molar-refractivity contribution in [3.8, 4) is 0 Å². The molecule has 1 aromatic heterocycles. The Kier molecular flexibility index (Phi) is 4.84. The SMILES string of the molecule is CCn1nc(C)c(Br)c1CCCC(NC)C1CC1. The molecule has 0 amide bonds. The summed E-state index contributed by atoms with van der Waals surface area (Å²) in [4.78, 5) is 0. The minimum atomic E-state index is 0.725. The summed E-state index contributed by atoms with van der Waals surface area (Å²) >= 11 is 3.67. The molecule has 1 aliphatic rings. The quantitative estimate of drug-likeness (QED) is 0.837. The van der Waals surface area contributed by atoms with Crippen molar-refractivity contribution in [1.29, 1.82) is 0 Å². The summed E-state index contributed by atoms with van der Waals surface area (Å²) in [5.41, 5.74) is 2.47. The molecule has 1 aliphatic carbocycles. The summed E-state index contributed by atoms with van der Waals surface area (Å²) in [5, 5.41) is 8.01. The Morgan fingerprint density at radius 2 is 2.22 bits per heavy atom. The number of halogens is 1. The zero-order valence-corrected chi connectivity index (χ0v) is 13.3. The summed E-state index contributed by atoms with van der Waals surface area (Å²) in [6.07, 6.45) is 6.48. The van der Waals surface area contributed by atoms with Gasteiger partial charge in [0.15, 0.2) is 0 Å². The molecule has 0 saturated heterocycles. The van der Waals surface area contributed by atoms with Crippen LogP contribution < -0.4 is 5.32 Å². The molecule has 0 spiro atoms. The van der Waals surface area contributed by atoms with E-state index >= 15 is 0 Å². The molecule has 1 atom stereocenters. The van der Waals surface area contributed by atoms with Crippen LogP contribution >= 0.6 is 15.9 Å². The van der Waals surface area contributed by atoms with Gasteiger partial charge < -0.3 is 5.32 Å². The van der Waals surface area contributed by atoms with E-state index in [1.54, 1.807) is 0 Å². The van der Waals surface area contributed by atoms with Gasteiger partial charge in [0.05, 0.1) is 15.9 Å². The van der Waals surface area contributed by atoms with Crippen LogP contribution in [0.15, 0.2) is 4.47 Å². The summed E-state index contributed by atoms with van der Waals surface area (Å²) in [6.45, 7) is 5.18. The van der Waals surface area contributed by atoms with E-state index in [9.17, 15) is 0 Å². The molecule has 4 heteroatoms. The van der Waals surface area contributed by atoms with Crippen molar-refractivity contribution >= 4 is 15.9 Å². The summed E-state index contributed by atoms with van der Waals surface area (Å²) in [7, 11) is 2.10. The van der Waals surface area contributed by atoms with Crippen molar-refractivity contribution in [1.82, 2.24) is 15.1 Å². The predicted molar refractivity (Wildman–Crippen MR) is 78.8 cm³/mol. The van der Waals surface area contributed by atoms with E-state index in [2.05, 4.69) is 51.9 Å². The van der Waals surface area contributed by atoms with Gasteiger partial charge in [-0.25, -0.2) is 0 Å². The van der Waals surface area contributed by atoms with Crippen LogP contribution in [0.25, 0.3) is 0 Å². The van der Waals surface area contributed by atoms with E-state index in [0.29, 0.717) is 0 Å². The Morgan fingerprint density at radius 1 is 1.50 bits per heavy atom. The fraction of sp³-hybridized carbons (Fsp3) is 0.786. The van der Waals surface area contributed by atoms with Crippen molar-refractivity contribution in [3.05, 3.63) is 15.9 Å². The Labute approximate surface area is 118 Å². The zero-order chi connectivity index (χ0) is 13.1. The van der Waals surface area contributed by atoms with E-state index in [1.807, 2.05) is 0 Å². The van der Waals surface area contributed by atoms with E-state index in [1.165, 1.54) is 35.8 Å². The van der Waals surface area contributed by atoms with Gasteiger partial charge >= 0.3 is 0 Å². The second kappa shape index (κ2) is 6.20. The van der Waals surface area contributed by atoms with E-state index < -0.39 is 0 Å². The molecule has 0 aliphatic heterocycles. The van der Waals surface area contributed by atoms with Crippen LogP contribution in [0, 0.1) is 12.8 Å². The third-order valence-corrected chi connectivity index (χ3v) is 4.97. The molecule has 3 nitrogen and oxygen atoms in total. The molecule has 1 aromatic rings. The van der Waals surface area contributed by atoms with Gasteiger partial charge in [0.2, 0.25) is 0 Å². The number of nitrogens with one attached hydrogen (secondary N) is 1. The van der Waals surface area contributed by atoms with Gasteiger partial charge in [-0.2, -0.15) is 5.10 Å². The second-order valence-electron chi connectivity index (χ2n) is 5.29. The maximum Gasteiger partial charge on any atom is 0.0738 e. The van der Waals surface area contributed by atoms with Crippen molar-refractivity contribution in [3.63, 3.8) is 0 Å². The highest BCUT2D eigenvalue weighted by Crippen LogP contribution is 2.34. The molecular formula is C14H24BrN3. The fourth-order valence-corrected chi connectivity index (χ4v) is 3.19. The summed E-state index contributed by atoms with van der Waals surface area (Å²) in [6, 6.07) is 0.725. The third-order valence-electron chi connectivity index (χ3n) is 3.94. The zero-order valence-electron chi connectivity index (χ0n) is 11.7. The molecule has 1 heterocycles. The molecule has 0 aromatic carbocycles. The first-order valence-corrected chi connectivity index (χ1v) is 7.85. The minimum absolute atomic E-state index is 0.725. The lowest BCUT2D eigenvalue weighted by atomic mass is 10.0. The lowest BCUT2D eigenvalue weighted by Crippen LogP contribution is -2.27. The molecule has 2 rings (SSSR count). The van der Waals surface area contributed by atoms with Crippen molar-refractivity contribution < 1.29 is 0 Å². The highest BCUT2D eigenvalue weighted by molar-refractivity contribution is 9.10. The first-order chi connectivity index (χ1) is 8.67. The van der Waals surface area contributed by atoms with Crippen molar-refractivity contribution in [2.75, 3.05) is 7.05 Å². The van der Waals surface area contributed by atoms with Crippen molar-refractivity contribution in [2.45, 2.75) is 58.5 Å². The van der Waals surface area contributed by atoms with Gasteiger partial charge in [-0.15, -0.1) is 0 Å². The number of aromatic nitrogens is 2. The number of nitrogens with zero attached hydrogens (tertiary/aromatic N) is 2. The van der Waals surface area contributed by atoms with E-state index in [-0.39, 0.29) is 0 Å². The molecule has 1 fully saturated rings. The maximum absolute atomic E-state index is 4.55. The van der Waals surface area contributed by atoms with Gasteiger partial charge in [0, 0.05) is 12.6 Å². The highest BCUT2D eigenvalue weighted by atomic mass is 79.9. The monoisotopic (exact) mass is 313 g/mol. The van der Waals surface area contributed by atoms with Crippen LogP contribution in [0.2, 0.25) is 0 Å². The van der Waals surface area contributed by atoms with Crippen LogP contribution in [0.5, 0.6) is 0 Å². The van der Waals surface area contributed by atoms with Gasteiger partial charge in [-0.3, -0.25) is 4.68 Å². The first kappa shape index (κ1) is 14.1. The molecule has 102 valence electrons. The number of hydrogen-bond acceptors (Lipinski definition) is 2. The standard InChI is InChI=1S/C14H24BrN3/c1-4-18-13(14(15)10(2)17-18)7-5-6-12(16-3)11-8-9-11/h11-12,16H,4-9H2,1-3H3. The second-order valence-corrected chi connectivity index (χ2v) is 6.08. The van der Waals surface area contributed by atoms with Crippen LogP contribution in [0.1, 0.15) is 44.0 Å². The van der Waals surface area contributed by atoms with E-state index in [0.717, 1.165) is 30.6 Å². The highest BCUT2D eigenvalue weighted by Gasteiger charge is 2.29. The predicted octanol–water partition coefficient (Wildman–Crippen LogP) is 3.29. The van der Waals surface area contributed by atoms with Crippen LogP contribution in [-0.4, -0.2) is 22.9 Å². The Bertz CT molecular complexity index is 396. The lowest BCUT2D eigenvalue weighted by Gasteiger charge is -2.15. The Morgan fingerprint density at radius 3 is 2.78 bits per heavy atom. The first-order valence-electron chi connectivity index (χ1n) is 7.06. The normalized spacial score (nSPS) is 17.1. The number of aryl methyl sites for hydroxylation is 2. The van der Waals surface area contributed by atoms with Gasteiger partial charge in [-0.1, -0.05) is 0 Å². The van der Waals surface area contributed by atoms with Gasteiger partial charge in [-0.05, 0) is 74.8 Å². The van der Waals surface area contributed by atoms with E-state index in [4.69, 9.17) is 0 Å². The third kappa shape index (κ3) is 3.15. The molecular weight excluding hydrogens is 290 g/mol. The van der Waals surface area contributed by atoms with Crippen LogP contribution in [0.4, 0.5) is 0 Å². The average molecular weight is 314 g/mol. The molecule has 0 radical (unpaired) electrons. The van der Waals surface area contributed by atoms with Crippen LogP contribution in [-0.2, 0) is 13.0 Å². The summed E-state index contributed by atoms with van der Waals surface area (Å²) in [5.74, 6) is 0.941. The van der Waals surface area contributed by atoms with Crippen molar-refractivity contribution in [2.24, 2.45) is 5.92 Å². The number of rotatable bonds is 7. The van der Waals surface area contributed by atoms with Gasteiger partial charge in [0.25, 0.3) is 0 Å². The molecule has 1 N–H and O–H groups in total. The Hall–Kier alpha value is -0.350. The smallest absolute Gasteiger partial charge is 0.0738 e. The minimum Gasteiger partial charge on any atom is -0.317 e. The number of hydrogen-bond donors (Lipinski definition) is 1. The molecule has 0 bridgehead atoms. The average Bonchev–Trinajstić information content (AvgIpc) is 3.16.